The third kappa shape index (κ3) is 5.93. The average molecular weight is 801 g/mol. The van der Waals surface area contributed by atoms with Crippen molar-refractivity contribution in [3.8, 4) is 22.3 Å². The van der Waals surface area contributed by atoms with E-state index in [1.165, 1.54) is 80.4 Å². The Bertz CT molecular complexity index is 2730. The molecule has 0 aliphatic heterocycles. The van der Waals surface area contributed by atoms with Gasteiger partial charge in [-0.3, -0.25) is 0 Å². The minimum absolute atomic E-state index is 0.190. The fourth-order valence-electron chi connectivity index (χ4n) is 10.5. The Morgan fingerprint density at radius 2 is 0.583 bits per heavy atom. The van der Waals surface area contributed by atoms with Crippen LogP contribution in [0.15, 0.2) is 237 Å². The quantitative estimate of drug-likeness (QED) is 0.101. The van der Waals surface area contributed by atoms with Crippen LogP contribution in [0.3, 0.4) is 0 Å². The molecule has 10 rings (SSSR count). The van der Waals surface area contributed by atoms with Crippen LogP contribution in [0.4, 0.5) is 0 Å². The molecule has 0 N–H and O–H groups in total. The summed E-state index contributed by atoms with van der Waals surface area (Å²) in [6.45, 7) is 7.16. The maximum Gasteiger partial charge on any atom is 0.179 e. The summed E-state index contributed by atoms with van der Waals surface area (Å²) in [7, 11) is -5.30. The van der Waals surface area contributed by atoms with E-state index < -0.39 is 16.1 Å². The Kier molecular flexibility index (Phi) is 9.55. The van der Waals surface area contributed by atoms with E-state index >= 15 is 0 Å². The lowest BCUT2D eigenvalue weighted by atomic mass is 9.81. The first-order valence-corrected chi connectivity index (χ1v) is 25.2. The molecule has 0 unspecified atom stereocenters. The fraction of sp³-hybridized carbons (Fsp3) is 0.0690. The molecular formula is C58H48Si2. The summed E-state index contributed by atoms with van der Waals surface area (Å²) in [6, 6.07) is 89.4. The van der Waals surface area contributed by atoms with E-state index in [0.717, 1.165) is 0 Å². The van der Waals surface area contributed by atoms with E-state index in [2.05, 4.69) is 257 Å². The van der Waals surface area contributed by atoms with Crippen molar-refractivity contribution in [2.45, 2.75) is 26.2 Å². The molecule has 9 aromatic rings. The van der Waals surface area contributed by atoms with Crippen LogP contribution in [0.1, 0.15) is 30.5 Å². The number of hydrogen-bond acceptors (Lipinski definition) is 0. The molecule has 0 heterocycles. The Labute approximate surface area is 357 Å². The highest BCUT2D eigenvalue weighted by molar-refractivity contribution is 7.20. The molecule has 288 valence electrons. The highest BCUT2D eigenvalue weighted by atomic mass is 28.3. The summed E-state index contributed by atoms with van der Waals surface area (Å²) >= 11 is 0. The Balaban J connectivity index is 1.10. The zero-order valence-corrected chi connectivity index (χ0v) is 36.5. The highest BCUT2D eigenvalue weighted by Gasteiger charge is 2.44. The van der Waals surface area contributed by atoms with Crippen molar-refractivity contribution in [1.29, 1.82) is 0 Å². The van der Waals surface area contributed by atoms with Crippen molar-refractivity contribution in [3.63, 3.8) is 0 Å². The maximum atomic E-state index is 2.58. The van der Waals surface area contributed by atoms with E-state index in [-0.39, 0.29) is 5.41 Å². The minimum Gasteiger partial charge on any atom is -0.0623 e. The molecule has 0 radical (unpaired) electrons. The van der Waals surface area contributed by atoms with Crippen molar-refractivity contribution in [3.05, 3.63) is 253 Å². The van der Waals surface area contributed by atoms with Gasteiger partial charge in [0.25, 0.3) is 0 Å². The molecule has 0 nitrogen and oxygen atoms in total. The second kappa shape index (κ2) is 15.2. The molecule has 0 spiro atoms. The van der Waals surface area contributed by atoms with Gasteiger partial charge in [-0.25, -0.2) is 0 Å². The number of rotatable bonds is 9. The number of benzene rings is 9. The third-order valence-electron chi connectivity index (χ3n) is 13.3. The molecule has 0 aromatic heterocycles. The largest absolute Gasteiger partial charge is 0.179 e. The monoisotopic (exact) mass is 800 g/mol. The van der Waals surface area contributed by atoms with Gasteiger partial charge in [0.15, 0.2) is 16.1 Å². The van der Waals surface area contributed by atoms with Crippen molar-refractivity contribution in [2.75, 3.05) is 0 Å². The molecule has 9 aromatic carbocycles. The van der Waals surface area contributed by atoms with Gasteiger partial charge < -0.3 is 0 Å². The van der Waals surface area contributed by atoms with Gasteiger partial charge in [-0.05, 0) is 93.4 Å². The van der Waals surface area contributed by atoms with Crippen molar-refractivity contribution >= 4 is 57.6 Å². The van der Waals surface area contributed by atoms with E-state index in [4.69, 9.17) is 0 Å². The molecular weight excluding hydrogens is 753 g/mol. The summed E-state index contributed by atoms with van der Waals surface area (Å²) in [5, 5.41) is 11.2. The second-order valence-electron chi connectivity index (χ2n) is 16.9. The molecule has 1 aliphatic rings. The molecule has 0 saturated carbocycles. The first-order valence-electron chi connectivity index (χ1n) is 21.2. The Hall–Kier alpha value is -6.59. The molecule has 0 amide bonds. The summed E-state index contributed by atoms with van der Waals surface area (Å²) in [5.41, 5.74) is 9.15. The fourth-order valence-corrected chi connectivity index (χ4v) is 20.1. The normalized spacial score (nSPS) is 13.1. The lowest BCUT2D eigenvalue weighted by Gasteiger charge is -2.35. The third-order valence-corrected chi connectivity index (χ3v) is 22.9. The first kappa shape index (κ1) is 37.7. The van der Waals surface area contributed by atoms with Crippen molar-refractivity contribution < 1.29 is 0 Å². The molecule has 0 fully saturated rings. The Morgan fingerprint density at radius 1 is 0.283 bits per heavy atom. The molecule has 1 aliphatic carbocycles. The van der Waals surface area contributed by atoms with Crippen LogP contribution in [0.5, 0.6) is 0 Å². The smallest absolute Gasteiger partial charge is 0.0623 e. The van der Waals surface area contributed by atoms with Crippen LogP contribution in [0, 0.1) is 6.92 Å². The van der Waals surface area contributed by atoms with E-state index in [9.17, 15) is 0 Å². The number of hydrogen-bond donors (Lipinski definition) is 0. The van der Waals surface area contributed by atoms with Gasteiger partial charge in [-0.2, -0.15) is 0 Å². The standard InChI is InChI=1S/C58H48Si2/c1-43-40-51(59(45-22-10-4-11-23-45,46-24-12-5-13-25-46)47-26-14-6-15-27-47)35-38-53(43)44-34-37-54-55-39-36-52(42-57(55)58(2,3)56(54)41-44)60(48-28-16-7-17-29-48,49-30-18-8-19-31-49)50-32-20-9-21-33-50/h4-42H,1-3H3. The molecule has 0 saturated heterocycles. The SMILES string of the molecule is Cc1cc([Si](c2ccccc2)(c2ccccc2)c2ccccc2)ccc1-c1ccc2c(c1)C(C)(C)c1cc([Si](c3ccccc3)(c3ccccc3)c3ccccc3)ccc1-2. The summed E-state index contributed by atoms with van der Waals surface area (Å²) in [5.74, 6) is 0. The first-order chi connectivity index (χ1) is 29.4. The van der Waals surface area contributed by atoms with Gasteiger partial charge in [-0.1, -0.05) is 244 Å². The van der Waals surface area contributed by atoms with E-state index in [0.29, 0.717) is 0 Å². The lowest BCUT2D eigenvalue weighted by Crippen LogP contribution is -2.74. The van der Waals surface area contributed by atoms with Crippen LogP contribution < -0.4 is 41.5 Å². The minimum atomic E-state index is -2.67. The summed E-state index contributed by atoms with van der Waals surface area (Å²) in [6.07, 6.45) is 0. The summed E-state index contributed by atoms with van der Waals surface area (Å²) < 4.78 is 0. The Morgan fingerprint density at radius 3 is 0.933 bits per heavy atom. The predicted octanol–water partition coefficient (Wildman–Crippen LogP) is 8.72. The van der Waals surface area contributed by atoms with Gasteiger partial charge in [0.05, 0.1) is 0 Å². The van der Waals surface area contributed by atoms with Crippen LogP contribution in [-0.4, -0.2) is 16.1 Å². The van der Waals surface area contributed by atoms with Gasteiger partial charge in [0.2, 0.25) is 0 Å². The molecule has 0 bridgehead atoms. The van der Waals surface area contributed by atoms with Crippen LogP contribution in [-0.2, 0) is 5.41 Å². The number of aryl methyl sites for hydroxylation is 1. The molecule has 60 heavy (non-hydrogen) atoms. The highest BCUT2D eigenvalue weighted by Crippen LogP contribution is 2.49. The van der Waals surface area contributed by atoms with Crippen molar-refractivity contribution in [1.82, 2.24) is 0 Å². The van der Waals surface area contributed by atoms with Gasteiger partial charge in [0, 0.05) is 5.41 Å². The number of fused-ring (bicyclic) bond motifs is 3. The average Bonchev–Trinajstić information content (AvgIpc) is 3.54. The van der Waals surface area contributed by atoms with Crippen LogP contribution in [0.2, 0.25) is 0 Å². The lowest BCUT2D eigenvalue weighted by molar-refractivity contribution is 0.661. The predicted molar refractivity (Wildman–Crippen MR) is 261 cm³/mol. The van der Waals surface area contributed by atoms with E-state index in [1.54, 1.807) is 0 Å². The van der Waals surface area contributed by atoms with E-state index in [1.807, 2.05) is 0 Å². The van der Waals surface area contributed by atoms with Gasteiger partial charge in [-0.15, -0.1) is 0 Å². The van der Waals surface area contributed by atoms with Crippen LogP contribution >= 0.6 is 0 Å². The zero-order chi connectivity index (χ0) is 40.7. The second-order valence-corrected chi connectivity index (χ2v) is 24.5. The topological polar surface area (TPSA) is 0 Å². The molecule has 0 atom stereocenters. The van der Waals surface area contributed by atoms with Gasteiger partial charge >= 0.3 is 0 Å². The maximum absolute atomic E-state index is 2.67. The van der Waals surface area contributed by atoms with Crippen molar-refractivity contribution in [2.24, 2.45) is 0 Å². The molecule has 2 heteroatoms. The van der Waals surface area contributed by atoms with Gasteiger partial charge in [0.1, 0.15) is 0 Å². The zero-order valence-electron chi connectivity index (χ0n) is 34.5. The summed E-state index contributed by atoms with van der Waals surface area (Å²) in [4.78, 5) is 0. The van der Waals surface area contributed by atoms with Crippen LogP contribution in [0.25, 0.3) is 22.3 Å².